The molecule has 0 radical (unpaired) electrons. The number of rotatable bonds is 10. The van der Waals surface area contributed by atoms with Crippen molar-refractivity contribution in [3.63, 3.8) is 0 Å². The predicted octanol–water partition coefficient (Wildman–Crippen LogP) is 7.10. The van der Waals surface area contributed by atoms with E-state index in [4.69, 9.17) is 16.3 Å². The first-order valence-electron chi connectivity index (χ1n) is 17.8. The van der Waals surface area contributed by atoms with E-state index in [1.165, 1.54) is 4.68 Å². The van der Waals surface area contributed by atoms with E-state index in [1.54, 1.807) is 40.9 Å². The maximum atomic E-state index is 16.5. The van der Waals surface area contributed by atoms with E-state index in [0.717, 1.165) is 16.6 Å². The number of carbonyl (C=O) groups is 1. The maximum absolute atomic E-state index is 16.5. The first kappa shape index (κ1) is 35.2. The van der Waals surface area contributed by atoms with Gasteiger partial charge in [0.05, 0.1) is 53.1 Å². The van der Waals surface area contributed by atoms with E-state index < -0.39 is 31.6 Å². The summed E-state index contributed by atoms with van der Waals surface area (Å²) in [5.41, 5.74) is 2.92. The lowest BCUT2D eigenvalue weighted by Gasteiger charge is -2.31. The number of aryl methyl sites for hydroxylation is 1. The van der Waals surface area contributed by atoms with Gasteiger partial charge in [-0.3, -0.25) is 19.4 Å². The third kappa shape index (κ3) is 6.03. The van der Waals surface area contributed by atoms with E-state index >= 15 is 4.11 Å². The van der Waals surface area contributed by atoms with Crippen LogP contribution in [0.25, 0.3) is 16.6 Å². The summed E-state index contributed by atoms with van der Waals surface area (Å²) < 4.78 is 26.6. The quantitative estimate of drug-likeness (QED) is 0.114. The molecule has 2 N–H and O–H groups in total. The molecule has 6 aromatic rings. The highest BCUT2D eigenvalue weighted by Gasteiger charge is 2.66. The topological polar surface area (TPSA) is 118 Å². The van der Waals surface area contributed by atoms with Gasteiger partial charge in [0.1, 0.15) is 0 Å². The van der Waals surface area contributed by atoms with Gasteiger partial charge in [0.15, 0.2) is 5.60 Å². The molecule has 0 aliphatic carbocycles. The van der Waals surface area contributed by atoms with Crippen molar-refractivity contribution in [1.29, 1.82) is 0 Å². The molecule has 53 heavy (non-hydrogen) atoms. The zero-order valence-corrected chi connectivity index (χ0v) is 31.4. The number of ether oxygens (including phenoxy) is 1. The van der Waals surface area contributed by atoms with Crippen molar-refractivity contribution < 1.29 is 18.7 Å². The molecule has 8 rings (SSSR count). The molecule has 272 valence electrons. The minimum atomic E-state index is -3.41. The number of nitrogens with zero attached hydrogens (tertiary/aromatic N) is 5. The summed E-state index contributed by atoms with van der Waals surface area (Å²) in [6.45, 7) is 5.74. The van der Waals surface area contributed by atoms with Crippen LogP contribution >= 0.6 is 11.6 Å². The minimum absolute atomic E-state index is 0.120. The third-order valence-electron chi connectivity index (χ3n) is 11.0. The van der Waals surface area contributed by atoms with Gasteiger partial charge in [0.2, 0.25) is 8.41 Å². The standard InChI is InChI=1S/C40H40ClFN6O4Si/c1-25-37(53(2,3)42)36(18-19-46-23-34(43-45-46)31(24-49)27-11-5-4-6-12-27)52-40(25)32-21-28(41)16-17-35(32)47(39(40)51)22-26-10-9-13-29(20-26)48-38(50)30-14-7-8-15-33(30)44-48/h4-17,20-21,23,25,31,36-37,44,49H,18-19,22,24H2,1-3H3/t25-,31?,36+,37-,40+/m0/s1. The Labute approximate surface area is 311 Å². The summed E-state index contributed by atoms with van der Waals surface area (Å²) in [4.78, 5) is 29.8. The highest BCUT2D eigenvalue weighted by Crippen LogP contribution is 2.60. The van der Waals surface area contributed by atoms with Crippen molar-refractivity contribution in [2.45, 2.75) is 62.7 Å². The average Bonchev–Trinajstić information content (AvgIpc) is 3.88. The first-order chi connectivity index (χ1) is 25.5. The second-order valence-electron chi connectivity index (χ2n) is 14.6. The van der Waals surface area contributed by atoms with E-state index in [-0.39, 0.29) is 30.5 Å². The van der Waals surface area contributed by atoms with Crippen LogP contribution in [0.4, 0.5) is 9.80 Å². The maximum Gasteiger partial charge on any atom is 0.279 e. The van der Waals surface area contributed by atoms with Crippen molar-refractivity contribution in [3.8, 4) is 5.69 Å². The molecular formula is C40H40ClFN6O4Si. The molecule has 1 amide bonds. The fourth-order valence-electron chi connectivity index (χ4n) is 8.56. The number of benzene rings is 4. The number of para-hydroxylation sites is 1. The lowest BCUT2D eigenvalue weighted by Crippen LogP contribution is -2.45. The first-order valence-corrected chi connectivity index (χ1v) is 21.2. The molecular weight excluding hydrogens is 711 g/mol. The second kappa shape index (κ2) is 13.5. The molecule has 2 aromatic heterocycles. The average molecular weight is 751 g/mol. The van der Waals surface area contributed by atoms with Crippen LogP contribution in [-0.4, -0.2) is 56.9 Å². The van der Waals surface area contributed by atoms with Crippen LogP contribution in [0.1, 0.15) is 41.6 Å². The molecule has 13 heteroatoms. The highest BCUT2D eigenvalue weighted by atomic mass is 35.5. The van der Waals surface area contributed by atoms with Crippen LogP contribution in [0.3, 0.4) is 0 Å². The van der Waals surface area contributed by atoms with Crippen molar-refractivity contribution in [2.75, 3.05) is 11.5 Å². The Hall–Kier alpha value is -4.88. The molecule has 0 bridgehead atoms. The second-order valence-corrected chi connectivity index (χ2v) is 18.9. The Morgan fingerprint density at radius 2 is 1.79 bits per heavy atom. The molecule has 10 nitrogen and oxygen atoms in total. The molecule has 1 spiro atoms. The molecule has 4 heterocycles. The van der Waals surface area contributed by atoms with Crippen LogP contribution in [0.2, 0.25) is 23.7 Å². The zero-order valence-electron chi connectivity index (χ0n) is 29.6. The summed E-state index contributed by atoms with van der Waals surface area (Å²) in [5.74, 6) is -1.08. The van der Waals surface area contributed by atoms with Crippen LogP contribution in [0, 0.1) is 5.92 Å². The molecule has 5 atom stereocenters. The molecule has 4 aromatic carbocycles. The number of anilines is 1. The Bertz CT molecular complexity index is 2370. The predicted molar refractivity (Wildman–Crippen MR) is 205 cm³/mol. The lowest BCUT2D eigenvalue weighted by atomic mass is 9.82. The Morgan fingerprint density at radius 1 is 1.02 bits per heavy atom. The summed E-state index contributed by atoms with van der Waals surface area (Å²) in [6, 6.07) is 29.8. The molecule has 1 fully saturated rings. The van der Waals surface area contributed by atoms with Crippen LogP contribution in [-0.2, 0) is 28.2 Å². The van der Waals surface area contributed by atoms with Gasteiger partial charge in [-0.2, -0.15) is 0 Å². The Kier molecular flexibility index (Phi) is 8.96. The number of aromatic nitrogens is 5. The van der Waals surface area contributed by atoms with Crippen molar-refractivity contribution in [3.05, 3.63) is 141 Å². The number of H-pyrrole nitrogens is 1. The van der Waals surface area contributed by atoms with Gasteiger partial charge in [0.25, 0.3) is 11.5 Å². The zero-order chi connectivity index (χ0) is 37.1. The minimum Gasteiger partial charge on any atom is -0.395 e. The van der Waals surface area contributed by atoms with E-state index in [1.807, 2.05) is 92.0 Å². The van der Waals surface area contributed by atoms with Gasteiger partial charge in [-0.25, -0.2) is 4.68 Å². The smallest absolute Gasteiger partial charge is 0.279 e. The Morgan fingerprint density at radius 3 is 2.55 bits per heavy atom. The fraction of sp³-hybridized carbons (Fsp3) is 0.300. The van der Waals surface area contributed by atoms with Gasteiger partial charge < -0.3 is 18.9 Å². The summed E-state index contributed by atoms with van der Waals surface area (Å²) >= 11 is 6.59. The van der Waals surface area contributed by atoms with Crippen molar-refractivity contribution in [1.82, 2.24) is 24.8 Å². The fourth-order valence-corrected chi connectivity index (χ4v) is 11.3. The SMILES string of the molecule is C[C@H]1[C@H]([Si](C)(C)F)[C@@H](CCn2cc(C(CO)c3ccccc3)nn2)O[C@]12C(=O)N(Cc1cccc(-n3[nH]c4ccccc4c3=O)c1)c1ccc(Cl)cc12. The number of halogens is 2. The number of hydrogen-bond acceptors (Lipinski definition) is 6. The van der Waals surface area contributed by atoms with E-state index in [2.05, 4.69) is 15.4 Å². The van der Waals surface area contributed by atoms with Crippen LogP contribution in [0.5, 0.6) is 0 Å². The third-order valence-corrected chi connectivity index (χ3v) is 13.7. The van der Waals surface area contributed by atoms with Gasteiger partial charge >= 0.3 is 0 Å². The number of amides is 1. The summed E-state index contributed by atoms with van der Waals surface area (Å²) in [5, 5.41) is 23.1. The van der Waals surface area contributed by atoms with Crippen LogP contribution in [0.15, 0.2) is 108 Å². The number of aliphatic hydroxyl groups excluding tert-OH is 1. The van der Waals surface area contributed by atoms with Crippen LogP contribution < -0.4 is 10.5 Å². The highest BCUT2D eigenvalue weighted by molar-refractivity contribution is 6.72. The monoisotopic (exact) mass is 750 g/mol. The number of hydrogen-bond donors (Lipinski definition) is 2. The summed E-state index contributed by atoms with van der Waals surface area (Å²) in [7, 11) is -3.41. The largest absolute Gasteiger partial charge is 0.395 e. The lowest BCUT2D eigenvalue weighted by molar-refractivity contribution is -0.146. The number of aliphatic hydroxyl groups is 1. The van der Waals surface area contributed by atoms with Gasteiger partial charge in [-0.05, 0) is 73.1 Å². The van der Waals surface area contributed by atoms with Gasteiger partial charge in [-0.1, -0.05) is 78.3 Å². The molecule has 2 aliphatic heterocycles. The number of aromatic amines is 1. The summed E-state index contributed by atoms with van der Waals surface area (Å²) in [6.07, 6.45) is 1.63. The van der Waals surface area contributed by atoms with E-state index in [9.17, 15) is 14.7 Å². The number of fused-ring (bicyclic) bond motifs is 3. The Balaban J connectivity index is 1.09. The van der Waals surface area contributed by atoms with Gasteiger partial charge in [0, 0.05) is 34.8 Å². The van der Waals surface area contributed by atoms with Crippen molar-refractivity contribution in [2.24, 2.45) is 5.92 Å². The number of carbonyl (C=O) groups excluding carboxylic acids is 1. The van der Waals surface area contributed by atoms with Crippen molar-refractivity contribution >= 4 is 42.5 Å². The molecule has 0 saturated carbocycles. The van der Waals surface area contributed by atoms with Gasteiger partial charge in [-0.15, -0.1) is 5.10 Å². The molecule has 1 unspecified atom stereocenters. The molecule has 2 aliphatic rings. The van der Waals surface area contributed by atoms with E-state index in [0.29, 0.717) is 46.0 Å². The molecule has 1 saturated heterocycles. The normalized spacial score (nSPS) is 21.9. The number of nitrogens with one attached hydrogen (secondary N) is 1.